The van der Waals surface area contributed by atoms with Gasteiger partial charge in [-0.25, -0.2) is 0 Å². The number of rotatable bonds is 4. The zero-order valence-electron chi connectivity index (χ0n) is 15.3. The summed E-state index contributed by atoms with van der Waals surface area (Å²) in [5.41, 5.74) is 4.29. The van der Waals surface area contributed by atoms with Crippen molar-refractivity contribution < 1.29 is 4.79 Å². The molecule has 1 aromatic heterocycles. The monoisotopic (exact) mass is 324 g/mol. The minimum atomic E-state index is 0.250. The van der Waals surface area contributed by atoms with Gasteiger partial charge in [-0.2, -0.15) is 0 Å². The first-order valence-electron chi connectivity index (χ1n) is 9.15. The maximum atomic E-state index is 13.1. The van der Waals surface area contributed by atoms with E-state index in [1.54, 1.807) is 0 Å². The highest BCUT2D eigenvalue weighted by Gasteiger charge is 2.29. The number of carbonyl (C=O) groups is 1. The second-order valence-corrected chi connectivity index (χ2v) is 7.33. The molecule has 1 aromatic carbocycles. The second-order valence-electron chi connectivity index (χ2n) is 7.33. The highest BCUT2D eigenvalue weighted by atomic mass is 16.2. The summed E-state index contributed by atoms with van der Waals surface area (Å²) < 4.78 is 0. The molecule has 0 bridgehead atoms. The summed E-state index contributed by atoms with van der Waals surface area (Å²) in [5.74, 6) is 0.250. The molecule has 3 nitrogen and oxygen atoms in total. The molecular weight excluding hydrogens is 296 g/mol. The zero-order chi connectivity index (χ0) is 17.3. The Hall–Kier alpha value is -1.90. The van der Waals surface area contributed by atoms with E-state index in [1.807, 2.05) is 25.1 Å². The van der Waals surface area contributed by atoms with Gasteiger partial charge in [-0.05, 0) is 57.7 Å². The third-order valence-electron chi connectivity index (χ3n) is 5.38. The van der Waals surface area contributed by atoms with Crippen molar-refractivity contribution in [2.45, 2.75) is 71.9 Å². The molecule has 24 heavy (non-hydrogen) atoms. The molecule has 0 N–H and O–H groups in total. The van der Waals surface area contributed by atoms with Crippen LogP contribution in [0.15, 0.2) is 24.3 Å². The molecule has 2 aromatic rings. The molecule has 1 aliphatic carbocycles. The maximum absolute atomic E-state index is 13.1. The molecule has 3 heteroatoms. The Bertz CT molecular complexity index is 745. The lowest BCUT2D eigenvalue weighted by atomic mass is 9.98. The molecule has 0 saturated heterocycles. The van der Waals surface area contributed by atoms with E-state index in [0.717, 1.165) is 35.0 Å². The van der Waals surface area contributed by atoms with Crippen LogP contribution in [0.3, 0.4) is 0 Å². The quantitative estimate of drug-likeness (QED) is 0.825. The van der Waals surface area contributed by atoms with E-state index in [0.29, 0.717) is 12.5 Å². The first-order valence-corrected chi connectivity index (χ1v) is 9.15. The van der Waals surface area contributed by atoms with Gasteiger partial charge < -0.3 is 4.90 Å². The van der Waals surface area contributed by atoms with Crippen LogP contribution in [0.1, 0.15) is 56.4 Å². The average molecular weight is 324 g/mol. The van der Waals surface area contributed by atoms with Crippen LogP contribution in [0.5, 0.6) is 0 Å². The Kier molecular flexibility index (Phi) is 4.88. The van der Waals surface area contributed by atoms with Crippen LogP contribution < -0.4 is 0 Å². The van der Waals surface area contributed by atoms with Crippen molar-refractivity contribution in [2.24, 2.45) is 0 Å². The average Bonchev–Trinajstić information content (AvgIpc) is 3.05. The van der Waals surface area contributed by atoms with Crippen LogP contribution in [0.2, 0.25) is 0 Å². The molecule has 1 saturated carbocycles. The van der Waals surface area contributed by atoms with Crippen LogP contribution >= 0.6 is 0 Å². The smallest absolute Gasteiger partial charge is 0.227 e. The molecule has 0 unspecified atom stereocenters. The molecule has 1 aliphatic rings. The summed E-state index contributed by atoms with van der Waals surface area (Å²) in [5, 5.41) is 1.16. The van der Waals surface area contributed by atoms with E-state index in [9.17, 15) is 4.79 Å². The van der Waals surface area contributed by atoms with Crippen molar-refractivity contribution in [1.29, 1.82) is 0 Å². The van der Waals surface area contributed by atoms with Crippen molar-refractivity contribution in [3.8, 4) is 0 Å². The summed E-state index contributed by atoms with van der Waals surface area (Å²) >= 11 is 0. The minimum Gasteiger partial charge on any atom is -0.337 e. The van der Waals surface area contributed by atoms with Gasteiger partial charge in [0.15, 0.2) is 0 Å². The highest BCUT2D eigenvalue weighted by Crippen LogP contribution is 2.28. The fourth-order valence-electron chi connectivity index (χ4n) is 4.17. The van der Waals surface area contributed by atoms with E-state index < -0.39 is 0 Å². The van der Waals surface area contributed by atoms with Gasteiger partial charge in [-0.15, -0.1) is 0 Å². The van der Waals surface area contributed by atoms with Crippen molar-refractivity contribution in [1.82, 2.24) is 9.88 Å². The first-order chi connectivity index (χ1) is 11.5. The number of hydrogen-bond donors (Lipinski definition) is 0. The normalized spacial score (nSPS) is 15.4. The van der Waals surface area contributed by atoms with Gasteiger partial charge in [0.2, 0.25) is 5.91 Å². The Balaban J connectivity index is 1.92. The number of pyridine rings is 1. The van der Waals surface area contributed by atoms with Crippen LogP contribution in [0.4, 0.5) is 0 Å². The number of hydrogen-bond acceptors (Lipinski definition) is 2. The number of para-hydroxylation sites is 1. The summed E-state index contributed by atoms with van der Waals surface area (Å²) in [6.45, 7) is 8.41. The molecule has 1 amide bonds. The van der Waals surface area contributed by atoms with Gasteiger partial charge in [0.05, 0.1) is 11.9 Å². The predicted octanol–water partition coefficient (Wildman–Crippen LogP) is 4.57. The predicted molar refractivity (Wildman–Crippen MR) is 99.2 cm³/mol. The van der Waals surface area contributed by atoms with Gasteiger partial charge in [0, 0.05) is 23.2 Å². The lowest BCUT2D eigenvalue weighted by molar-refractivity contribution is -0.134. The lowest BCUT2D eigenvalue weighted by Crippen LogP contribution is -2.44. The summed E-state index contributed by atoms with van der Waals surface area (Å²) in [6, 6.07) is 8.87. The van der Waals surface area contributed by atoms with E-state index in [2.05, 4.69) is 31.7 Å². The topological polar surface area (TPSA) is 33.2 Å². The zero-order valence-corrected chi connectivity index (χ0v) is 15.3. The van der Waals surface area contributed by atoms with Crippen molar-refractivity contribution in [3.63, 3.8) is 0 Å². The van der Waals surface area contributed by atoms with Gasteiger partial charge in [0.25, 0.3) is 0 Å². The fourth-order valence-corrected chi connectivity index (χ4v) is 4.17. The third kappa shape index (κ3) is 3.17. The van der Waals surface area contributed by atoms with Crippen LogP contribution in [-0.4, -0.2) is 27.9 Å². The Morgan fingerprint density at radius 1 is 1.21 bits per heavy atom. The fraction of sp³-hybridized carbons (Fsp3) is 0.524. The SMILES string of the molecule is Cc1nc2ccccc2c(C)c1CC(=O)N(C(C)C)C1CCCC1. The van der Waals surface area contributed by atoms with E-state index in [1.165, 1.54) is 18.4 Å². The molecule has 1 fully saturated rings. The van der Waals surface area contributed by atoms with Gasteiger partial charge in [-0.1, -0.05) is 31.0 Å². The van der Waals surface area contributed by atoms with Gasteiger partial charge in [0.1, 0.15) is 0 Å². The molecule has 0 spiro atoms. The third-order valence-corrected chi connectivity index (χ3v) is 5.38. The summed E-state index contributed by atoms with van der Waals surface area (Å²) in [7, 11) is 0. The molecule has 0 atom stereocenters. The van der Waals surface area contributed by atoms with Gasteiger partial charge >= 0.3 is 0 Å². The van der Waals surface area contributed by atoms with Gasteiger partial charge in [-0.3, -0.25) is 9.78 Å². The van der Waals surface area contributed by atoms with Crippen LogP contribution in [-0.2, 0) is 11.2 Å². The molecule has 1 heterocycles. The molecule has 0 aliphatic heterocycles. The standard InChI is InChI=1S/C21H28N2O/c1-14(2)23(17-9-5-6-10-17)21(24)13-19-15(3)18-11-7-8-12-20(18)22-16(19)4/h7-8,11-12,14,17H,5-6,9-10,13H2,1-4H3. The molecular formula is C21H28N2O. The van der Waals surface area contributed by atoms with E-state index >= 15 is 0 Å². The second kappa shape index (κ2) is 6.92. The number of carbonyl (C=O) groups excluding carboxylic acids is 1. The molecule has 3 rings (SSSR count). The number of fused-ring (bicyclic) bond motifs is 1. The maximum Gasteiger partial charge on any atom is 0.227 e. The Labute approximate surface area is 145 Å². The Morgan fingerprint density at radius 3 is 2.54 bits per heavy atom. The largest absolute Gasteiger partial charge is 0.337 e. The minimum absolute atomic E-state index is 0.250. The van der Waals surface area contributed by atoms with Crippen molar-refractivity contribution >= 4 is 16.8 Å². The first kappa shape index (κ1) is 16.9. The number of amides is 1. The van der Waals surface area contributed by atoms with Crippen LogP contribution in [0.25, 0.3) is 10.9 Å². The summed E-state index contributed by atoms with van der Waals surface area (Å²) in [4.78, 5) is 19.9. The number of benzene rings is 1. The Morgan fingerprint density at radius 2 is 1.88 bits per heavy atom. The summed E-state index contributed by atoms with van der Waals surface area (Å²) in [6.07, 6.45) is 5.26. The van der Waals surface area contributed by atoms with E-state index in [-0.39, 0.29) is 11.9 Å². The highest BCUT2D eigenvalue weighted by molar-refractivity contribution is 5.86. The number of aryl methyl sites for hydroxylation is 2. The number of aromatic nitrogens is 1. The van der Waals surface area contributed by atoms with E-state index in [4.69, 9.17) is 4.98 Å². The van der Waals surface area contributed by atoms with Crippen molar-refractivity contribution in [3.05, 3.63) is 41.1 Å². The number of nitrogens with zero attached hydrogens (tertiary/aromatic N) is 2. The van der Waals surface area contributed by atoms with Crippen molar-refractivity contribution in [2.75, 3.05) is 0 Å². The molecule has 128 valence electrons. The molecule has 0 radical (unpaired) electrons. The van der Waals surface area contributed by atoms with Crippen LogP contribution in [0, 0.1) is 13.8 Å². The lowest BCUT2D eigenvalue weighted by Gasteiger charge is -2.33.